The molecule has 1 amide bonds. The average molecular weight is 227 g/mol. The van der Waals surface area contributed by atoms with Crippen LogP contribution in [0.25, 0.3) is 0 Å². The summed E-state index contributed by atoms with van der Waals surface area (Å²) >= 11 is 0. The maximum atomic E-state index is 12.1. The van der Waals surface area contributed by atoms with Crippen LogP contribution in [-0.4, -0.2) is 49.6 Å². The third-order valence-electron chi connectivity index (χ3n) is 3.30. The highest BCUT2D eigenvalue weighted by Crippen LogP contribution is 2.05. The van der Waals surface area contributed by atoms with Gasteiger partial charge in [0, 0.05) is 32.7 Å². The molecule has 0 aromatic heterocycles. The summed E-state index contributed by atoms with van der Waals surface area (Å²) in [5.74, 6) is 0.782. The number of carbonyl (C=O) groups excluding carboxylic acids is 1. The van der Waals surface area contributed by atoms with Crippen molar-refractivity contribution in [3.8, 4) is 0 Å². The van der Waals surface area contributed by atoms with Gasteiger partial charge >= 0.3 is 0 Å². The molecule has 1 aliphatic heterocycles. The van der Waals surface area contributed by atoms with Crippen LogP contribution in [0.2, 0.25) is 0 Å². The highest BCUT2D eigenvalue weighted by molar-refractivity contribution is 5.82. The molecule has 4 nitrogen and oxygen atoms in total. The molecule has 0 saturated carbocycles. The zero-order valence-electron chi connectivity index (χ0n) is 10.9. The van der Waals surface area contributed by atoms with Crippen molar-refractivity contribution in [1.82, 2.24) is 15.5 Å². The smallest absolute Gasteiger partial charge is 0.240 e. The number of likely N-dealkylation sites (N-methyl/N-ethyl adjacent to an activating group) is 1. The van der Waals surface area contributed by atoms with E-state index in [9.17, 15) is 4.79 Å². The summed E-state index contributed by atoms with van der Waals surface area (Å²) in [6.45, 7) is 8.92. The standard InChI is InChI=1S/C12H25N3O/c1-5-9(2)8-15(4)12(16)11-7-13-10(3)6-14-11/h9-11,13-14H,5-8H2,1-4H3. The fourth-order valence-corrected chi connectivity index (χ4v) is 1.91. The predicted molar refractivity (Wildman–Crippen MR) is 66.3 cm³/mol. The van der Waals surface area contributed by atoms with Gasteiger partial charge in [-0.25, -0.2) is 0 Å². The highest BCUT2D eigenvalue weighted by atomic mass is 16.2. The molecule has 0 spiro atoms. The molecule has 16 heavy (non-hydrogen) atoms. The number of rotatable bonds is 4. The lowest BCUT2D eigenvalue weighted by molar-refractivity contribution is -0.133. The van der Waals surface area contributed by atoms with E-state index in [1.165, 1.54) is 0 Å². The van der Waals surface area contributed by atoms with Crippen molar-refractivity contribution in [2.24, 2.45) is 5.92 Å². The monoisotopic (exact) mass is 227 g/mol. The minimum absolute atomic E-state index is 0.0507. The van der Waals surface area contributed by atoms with Gasteiger partial charge in [-0.05, 0) is 12.8 Å². The largest absolute Gasteiger partial charge is 0.344 e. The molecule has 0 aromatic rings. The zero-order chi connectivity index (χ0) is 12.1. The molecule has 1 rings (SSSR count). The first-order chi connectivity index (χ1) is 7.54. The van der Waals surface area contributed by atoms with E-state index in [2.05, 4.69) is 31.4 Å². The Hall–Kier alpha value is -0.610. The molecule has 1 saturated heterocycles. The molecule has 3 atom stereocenters. The maximum absolute atomic E-state index is 12.1. The van der Waals surface area contributed by atoms with Gasteiger partial charge in [0.25, 0.3) is 0 Å². The second kappa shape index (κ2) is 6.21. The zero-order valence-corrected chi connectivity index (χ0v) is 10.9. The van der Waals surface area contributed by atoms with Crippen molar-refractivity contribution < 1.29 is 4.79 Å². The Bertz CT molecular complexity index is 224. The van der Waals surface area contributed by atoms with E-state index >= 15 is 0 Å². The van der Waals surface area contributed by atoms with Crippen molar-refractivity contribution in [2.75, 3.05) is 26.7 Å². The second-order valence-electron chi connectivity index (χ2n) is 5.00. The maximum Gasteiger partial charge on any atom is 0.240 e. The van der Waals surface area contributed by atoms with Gasteiger partial charge in [0.1, 0.15) is 0 Å². The second-order valence-corrected chi connectivity index (χ2v) is 5.00. The van der Waals surface area contributed by atoms with Gasteiger partial charge in [0.05, 0.1) is 6.04 Å². The van der Waals surface area contributed by atoms with E-state index in [0.717, 1.165) is 26.1 Å². The topological polar surface area (TPSA) is 44.4 Å². The number of nitrogens with one attached hydrogen (secondary N) is 2. The fourth-order valence-electron chi connectivity index (χ4n) is 1.91. The third kappa shape index (κ3) is 3.76. The first-order valence-electron chi connectivity index (χ1n) is 6.26. The molecule has 4 heteroatoms. The number of piperazine rings is 1. The van der Waals surface area contributed by atoms with E-state index in [4.69, 9.17) is 0 Å². The fraction of sp³-hybridized carbons (Fsp3) is 0.917. The number of nitrogens with zero attached hydrogens (tertiary/aromatic N) is 1. The van der Waals surface area contributed by atoms with Gasteiger partial charge in [-0.15, -0.1) is 0 Å². The van der Waals surface area contributed by atoms with Crippen LogP contribution in [0.4, 0.5) is 0 Å². The Labute approximate surface area is 98.8 Å². The molecule has 2 N–H and O–H groups in total. The summed E-state index contributed by atoms with van der Waals surface area (Å²) in [4.78, 5) is 13.9. The van der Waals surface area contributed by atoms with Gasteiger partial charge in [-0.2, -0.15) is 0 Å². The van der Waals surface area contributed by atoms with E-state index in [1.54, 1.807) is 0 Å². The Balaban J connectivity index is 2.38. The Morgan fingerprint density at radius 2 is 2.12 bits per heavy atom. The van der Waals surface area contributed by atoms with E-state index in [0.29, 0.717) is 12.0 Å². The lowest BCUT2D eigenvalue weighted by Crippen LogP contribution is -2.59. The molecular weight excluding hydrogens is 202 g/mol. The van der Waals surface area contributed by atoms with Crippen molar-refractivity contribution in [3.63, 3.8) is 0 Å². The summed E-state index contributed by atoms with van der Waals surface area (Å²) in [6.07, 6.45) is 1.12. The number of carbonyl (C=O) groups is 1. The summed E-state index contributed by atoms with van der Waals surface area (Å²) in [6, 6.07) is 0.411. The molecule has 3 unspecified atom stereocenters. The van der Waals surface area contributed by atoms with Crippen LogP contribution in [0.1, 0.15) is 27.2 Å². The van der Waals surface area contributed by atoms with Crippen LogP contribution >= 0.6 is 0 Å². The van der Waals surface area contributed by atoms with E-state index in [-0.39, 0.29) is 11.9 Å². The predicted octanol–water partition coefficient (Wildman–Crippen LogP) is 0.441. The Kier molecular flexibility index (Phi) is 5.22. The van der Waals surface area contributed by atoms with Gasteiger partial charge in [0.15, 0.2) is 0 Å². The third-order valence-corrected chi connectivity index (χ3v) is 3.30. The van der Waals surface area contributed by atoms with Crippen molar-refractivity contribution in [3.05, 3.63) is 0 Å². The Morgan fingerprint density at radius 3 is 2.62 bits per heavy atom. The first-order valence-corrected chi connectivity index (χ1v) is 6.26. The SMILES string of the molecule is CCC(C)CN(C)C(=O)C1CNC(C)CN1. The quantitative estimate of drug-likeness (QED) is 0.732. The molecule has 1 aliphatic rings. The minimum Gasteiger partial charge on any atom is -0.344 e. The first kappa shape index (κ1) is 13.5. The van der Waals surface area contributed by atoms with Crippen LogP contribution < -0.4 is 10.6 Å². The highest BCUT2D eigenvalue weighted by Gasteiger charge is 2.25. The van der Waals surface area contributed by atoms with Crippen LogP contribution in [0.3, 0.4) is 0 Å². The van der Waals surface area contributed by atoms with Gasteiger partial charge in [-0.3, -0.25) is 4.79 Å². The Morgan fingerprint density at radius 1 is 1.44 bits per heavy atom. The van der Waals surface area contributed by atoms with Crippen LogP contribution in [-0.2, 0) is 4.79 Å². The summed E-state index contributed by atoms with van der Waals surface area (Å²) in [5, 5.41) is 6.61. The van der Waals surface area contributed by atoms with Crippen molar-refractivity contribution in [2.45, 2.75) is 39.3 Å². The molecule has 94 valence electrons. The number of amides is 1. The summed E-state index contributed by atoms with van der Waals surface area (Å²) in [5.41, 5.74) is 0. The van der Waals surface area contributed by atoms with Crippen LogP contribution in [0, 0.1) is 5.92 Å². The molecule has 0 aromatic carbocycles. The summed E-state index contributed by atoms with van der Waals surface area (Å²) < 4.78 is 0. The van der Waals surface area contributed by atoms with E-state index in [1.807, 2.05) is 11.9 Å². The average Bonchev–Trinajstić information content (AvgIpc) is 2.28. The van der Waals surface area contributed by atoms with Crippen molar-refractivity contribution >= 4 is 5.91 Å². The molecular formula is C12H25N3O. The number of hydrogen-bond donors (Lipinski definition) is 2. The summed E-state index contributed by atoms with van der Waals surface area (Å²) in [7, 11) is 1.90. The molecule has 0 bridgehead atoms. The molecule has 1 heterocycles. The van der Waals surface area contributed by atoms with Crippen molar-refractivity contribution in [1.29, 1.82) is 0 Å². The number of hydrogen-bond acceptors (Lipinski definition) is 3. The molecule has 0 aliphatic carbocycles. The van der Waals surface area contributed by atoms with Gasteiger partial charge in [0.2, 0.25) is 5.91 Å². The molecule has 0 radical (unpaired) electrons. The van der Waals surface area contributed by atoms with Crippen LogP contribution in [0.5, 0.6) is 0 Å². The van der Waals surface area contributed by atoms with E-state index < -0.39 is 0 Å². The van der Waals surface area contributed by atoms with Gasteiger partial charge < -0.3 is 15.5 Å². The minimum atomic E-state index is -0.0507. The van der Waals surface area contributed by atoms with Crippen LogP contribution in [0.15, 0.2) is 0 Å². The normalized spacial score (nSPS) is 27.5. The lowest BCUT2D eigenvalue weighted by atomic mass is 10.1. The van der Waals surface area contributed by atoms with Gasteiger partial charge in [-0.1, -0.05) is 20.3 Å². The lowest BCUT2D eigenvalue weighted by Gasteiger charge is -2.32. The molecule has 1 fully saturated rings.